The van der Waals surface area contributed by atoms with Crippen molar-refractivity contribution in [2.75, 3.05) is 24.2 Å². The van der Waals surface area contributed by atoms with E-state index in [1.54, 1.807) is 0 Å². The van der Waals surface area contributed by atoms with Crippen LogP contribution in [-0.4, -0.2) is 28.9 Å². The molecule has 0 fully saturated rings. The molecular weight excluding hydrogens is 183 g/mol. The first-order valence-electron chi connectivity index (χ1n) is 4.75. The van der Waals surface area contributed by atoms with Gasteiger partial charge >= 0.3 is 79.7 Å². The zero-order valence-corrected chi connectivity index (χ0v) is 9.57. The van der Waals surface area contributed by atoms with E-state index >= 15 is 0 Å². The van der Waals surface area contributed by atoms with Crippen LogP contribution in [-0.2, 0) is 0 Å². The summed E-state index contributed by atoms with van der Waals surface area (Å²) in [5.41, 5.74) is 0. The molecule has 4 heteroatoms. The fourth-order valence-corrected chi connectivity index (χ4v) is 3.10. The number of nitrogens with zero attached hydrogens (tertiary/aromatic N) is 2. The molecule has 0 aliphatic carbocycles. The van der Waals surface area contributed by atoms with Gasteiger partial charge in [-0.25, -0.2) is 0 Å². The zero-order chi connectivity index (χ0) is 9.90. The molecule has 0 aromatic carbocycles. The van der Waals surface area contributed by atoms with E-state index in [1.807, 2.05) is 42.8 Å². The van der Waals surface area contributed by atoms with Crippen molar-refractivity contribution in [3.63, 3.8) is 0 Å². The van der Waals surface area contributed by atoms with Gasteiger partial charge in [-0.05, 0) is 0 Å². The van der Waals surface area contributed by atoms with E-state index in [9.17, 15) is 4.89 Å². The van der Waals surface area contributed by atoms with Crippen LogP contribution in [0.5, 0.6) is 0 Å². The second-order valence-electron chi connectivity index (χ2n) is 3.35. The third-order valence-electron chi connectivity index (χ3n) is 2.39. The standard InChI is InChI=1S/C9H19N2OP/c1-4-11(13(3,12)5-2)10-8-6-7-9-10/h6-9,12-13H,4-5H2,1-3H3. The van der Waals surface area contributed by atoms with E-state index in [1.165, 1.54) is 0 Å². The predicted molar refractivity (Wildman–Crippen MR) is 60.2 cm³/mol. The molecule has 1 aromatic heterocycles. The number of hydrogen-bond acceptors (Lipinski definition) is 2. The fraction of sp³-hybridized carbons (Fsp3) is 0.556. The van der Waals surface area contributed by atoms with Crippen molar-refractivity contribution in [1.29, 1.82) is 0 Å². The monoisotopic (exact) mass is 202 g/mol. The summed E-state index contributed by atoms with van der Waals surface area (Å²) in [7, 11) is -2.21. The van der Waals surface area contributed by atoms with Crippen LogP contribution in [0.2, 0.25) is 0 Å². The van der Waals surface area contributed by atoms with E-state index in [2.05, 4.69) is 11.7 Å². The molecule has 3 nitrogen and oxygen atoms in total. The van der Waals surface area contributed by atoms with Gasteiger partial charge in [0.25, 0.3) is 0 Å². The van der Waals surface area contributed by atoms with Crippen molar-refractivity contribution in [2.24, 2.45) is 0 Å². The van der Waals surface area contributed by atoms with Crippen molar-refractivity contribution in [1.82, 2.24) is 4.68 Å². The van der Waals surface area contributed by atoms with Gasteiger partial charge < -0.3 is 0 Å². The van der Waals surface area contributed by atoms with Gasteiger partial charge in [0.1, 0.15) is 0 Å². The molecule has 1 aromatic rings. The summed E-state index contributed by atoms with van der Waals surface area (Å²) in [6, 6.07) is 3.95. The molecule has 0 atom stereocenters. The van der Waals surface area contributed by atoms with Gasteiger partial charge in [-0.3, -0.25) is 0 Å². The Kier molecular flexibility index (Phi) is 3.34. The normalized spacial score (nSPS) is 12.9. The molecule has 0 saturated carbocycles. The van der Waals surface area contributed by atoms with E-state index < -0.39 is 7.64 Å². The molecule has 1 N–H and O–H groups in total. The van der Waals surface area contributed by atoms with Gasteiger partial charge in [0.05, 0.1) is 0 Å². The van der Waals surface area contributed by atoms with Crippen LogP contribution in [0.15, 0.2) is 24.5 Å². The third-order valence-corrected chi connectivity index (χ3v) is 5.39. The predicted octanol–water partition coefficient (Wildman–Crippen LogP) is 1.67. The van der Waals surface area contributed by atoms with Gasteiger partial charge in [0.15, 0.2) is 0 Å². The van der Waals surface area contributed by atoms with Crippen molar-refractivity contribution in [3.05, 3.63) is 24.5 Å². The summed E-state index contributed by atoms with van der Waals surface area (Å²) in [6.45, 7) is 6.92. The fourth-order valence-electron chi connectivity index (χ4n) is 1.42. The molecule has 1 rings (SSSR count). The number of hydrogen-bond donors (Lipinski definition) is 1. The molecule has 0 amide bonds. The Labute approximate surface area is 80.4 Å². The SMILES string of the molecule is CCN(n1cccc1)[PH](C)(O)CC. The molecule has 0 saturated heterocycles. The molecule has 0 unspecified atom stereocenters. The summed E-state index contributed by atoms with van der Waals surface area (Å²) in [5, 5.41) is 0. The van der Waals surface area contributed by atoms with Gasteiger partial charge in [-0.1, -0.05) is 0 Å². The van der Waals surface area contributed by atoms with Gasteiger partial charge in [-0.15, -0.1) is 0 Å². The van der Waals surface area contributed by atoms with Crippen LogP contribution in [0.3, 0.4) is 0 Å². The van der Waals surface area contributed by atoms with Crippen LogP contribution in [0.4, 0.5) is 0 Å². The van der Waals surface area contributed by atoms with E-state index in [0.717, 1.165) is 12.7 Å². The average molecular weight is 202 g/mol. The Morgan fingerprint density at radius 2 is 1.85 bits per heavy atom. The van der Waals surface area contributed by atoms with Crippen molar-refractivity contribution in [3.8, 4) is 0 Å². The van der Waals surface area contributed by atoms with Crippen molar-refractivity contribution >= 4 is 7.64 Å². The summed E-state index contributed by atoms with van der Waals surface area (Å²) >= 11 is 0. The van der Waals surface area contributed by atoms with E-state index in [4.69, 9.17) is 0 Å². The van der Waals surface area contributed by atoms with Gasteiger partial charge in [-0.2, -0.15) is 0 Å². The topological polar surface area (TPSA) is 28.4 Å². The van der Waals surface area contributed by atoms with Crippen LogP contribution in [0.1, 0.15) is 13.8 Å². The zero-order valence-electron chi connectivity index (χ0n) is 8.57. The van der Waals surface area contributed by atoms with Crippen molar-refractivity contribution in [2.45, 2.75) is 13.8 Å². The second kappa shape index (κ2) is 4.12. The average Bonchev–Trinajstić information content (AvgIpc) is 2.58. The molecule has 0 aliphatic heterocycles. The first-order chi connectivity index (χ1) is 6.11. The molecular formula is C9H19N2OP. The summed E-state index contributed by atoms with van der Waals surface area (Å²) in [5.74, 6) is 0. The molecule has 76 valence electrons. The number of rotatable bonds is 4. The molecule has 0 aliphatic rings. The summed E-state index contributed by atoms with van der Waals surface area (Å²) in [4.78, 5) is 10.2. The quantitative estimate of drug-likeness (QED) is 0.752. The Morgan fingerprint density at radius 3 is 2.23 bits per heavy atom. The minimum atomic E-state index is -2.21. The summed E-state index contributed by atoms with van der Waals surface area (Å²) < 4.78 is 4.04. The van der Waals surface area contributed by atoms with E-state index in [0.29, 0.717) is 0 Å². The minimum absolute atomic E-state index is 0.846. The van der Waals surface area contributed by atoms with Crippen LogP contribution < -0.4 is 4.78 Å². The van der Waals surface area contributed by atoms with Crippen molar-refractivity contribution < 1.29 is 4.89 Å². The second-order valence-corrected chi connectivity index (χ2v) is 7.01. The van der Waals surface area contributed by atoms with E-state index in [-0.39, 0.29) is 0 Å². The molecule has 0 spiro atoms. The van der Waals surface area contributed by atoms with Gasteiger partial charge in [0.2, 0.25) is 0 Å². The van der Waals surface area contributed by atoms with Crippen LogP contribution >= 0.6 is 7.64 Å². The maximum absolute atomic E-state index is 10.2. The first kappa shape index (κ1) is 10.6. The third kappa shape index (κ3) is 2.23. The van der Waals surface area contributed by atoms with Gasteiger partial charge in [0, 0.05) is 0 Å². The molecule has 0 radical (unpaired) electrons. The Hall–Kier alpha value is -0.530. The Balaban J connectivity index is 2.86. The number of aromatic nitrogens is 1. The Morgan fingerprint density at radius 1 is 1.31 bits per heavy atom. The first-order valence-corrected chi connectivity index (χ1v) is 7.35. The maximum atomic E-state index is 10.2. The van der Waals surface area contributed by atoms with Crippen LogP contribution in [0, 0.1) is 0 Å². The molecule has 1 heterocycles. The summed E-state index contributed by atoms with van der Waals surface area (Å²) in [6.07, 6.45) is 4.79. The molecule has 0 bridgehead atoms. The van der Waals surface area contributed by atoms with Crippen LogP contribution in [0.25, 0.3) is 0 Å². The molecule has 13 heavy (non-hydrogen) atoms. The Bertz CT molecular complexity index is 246.